The molecule has 2 rings (SSSR count). The molecule has 1 aliphatic rings. The fourth-order valence-electron chi connectivity index (χ4n) is 2.02. The Kier molecular flexibility index (Phi) is 3.36. The molecule has 5 heteroatoms. The maximum absolute atomic E-state index is 7.54. The largest absolute Gasteiger partial charge is 0.370 e. The van der Waals surface area contributed by atoms with Crippen LogP contribution in [0, 0.1) is 5.41 Å². The molecule has 4 N–H and O–H groups in total. The molecule has 1 atom stereocenters. The number of rotatable bonds is 2. The second-order valence-corrected chi connectivity index (χ2v) is 3.96. The van der Waals surface area contributed by atoms with Crippen LogP contribution in [0.25, 0.3) is 0 Å². The van der Waals surface area contributed by atoms with Gasteiger partial charge in [0, 0.05) is 44.0 Å². The Morgan fingerprint density at radius 2 is 2.50 bits per heavy atom. The van der Waals surface area contributed by atoms with Gasteiger partial charge in [0.05, 0.1) is 0 Å². The summed E-state index contributed by atoms with van der Waals surface area (Å²) in [6.45, 7) is 2.54. The smallest absolute Gasteiger partial charge is 0.188 e. The summed E-state index contributed by atoms with van der Waals surface area (Å²) in [7, 11) is 0. The Balaban J connectivity index is 2.04. The Hall–Kier alpha value is -1.62. The second kappa shape index (κ2) is 4.94. The minimum Gasteiger partial charge on any atom is -0.370 e. The molecule has 0 saturated carbocycles. The van der Waals surface area contributed by atoms with Crippen LogP contribution in [0.4, 0.5) is 0 Å². The Morgan fingerprint density at radius 3 is 3.19 bits per heavy atom. The van der Waals surface area contributed by atoms with Crippen molar-refractivity contribution >= 4 is 5.96 Å². The van der Waals surface area contributed by atoms with Gasteiger partial charge in [0.25, 0.3) is 0 Å². The van der Waals surface area contributed by atoms with E-state index in [1.165, 1.54) is 0 Å². The molecule has 0 spiro atoms. The lowest BCUT2D eigenvalue weighted by molar-refractivity contribution is 0.251. The first kappa shape index (κ1) is 10.9. The predicted octanol–water partition coefficient (Wildman–Crippen LogP) is -0.209. The van der Waals surface area contributed by atoms with Crippen LogP contribution < -0.4 is 11.1 Å². The SMILES string of the molecule is N=C(N)N1CCNCC1Cc1ccccn1. The molecule has 1 aromatic heterocycles. The van der Waals surface area contributed by atoms with Gasteiger partial charge in [0.15, 0.2) is 5.96 Å². The molecule has 1 saturated heterocycles. The van der Waals surface area contributed by atoms with Gasteiger partial charge in [-0.05, 0) is 12.1 Å². The zero-order valence-corrected chi connectivity index (χ0v) is 9.19. The zero-order chi connectivity index (χ0) is 11.4. The number of aromatic nitrogens is 1. The molecule has 0 aliphatic carbocycles. The normalized spacial score (nSPS) is 20.8. The van der Waals surface area contributed by atoms with Crippen molar-refractivity contribution in [2.45, 2.75) is 12.5 Å². The Labute approximate surface area is 95.2 Å². The molecular weight excluding hydrogens is 202 g/mol. The number of piperazine rings is 1. The van der Waals surface area contributed by atoms with Crippen molar-refractivity contribution in [3.8, 4) is 0 Å². The number of hydrogen-bond donors (Lipinski definition) is 3. The summed E-state index contributed by atoms with van der Waals surface area (Å²) < 4.78 is 0. The van der Waals surface area contributed by atoms with Crippen molar-refractivity contribution in [3.05, 3.63) is 30.1 Å². The summed E-state index contributed by atoms with van der Waals surface area (Å²) in [5.41, 5.74) is 6.62. The van der Waals surface area contributed by atoms with E-state index in [0.717, 1.165) is 31.7 Å². The van der Waals surface area contributed by atoms with E-state index in [2.05, 4.69) is 10.3 Å². The molecule has 0 amide bonds. The third-order valence-corrected chi connectivity index (χ3v) is 2.83. The fraction of sp³-hybridized carbons (Fsp3) is 0.455. The number of nitrogens with one attached hydrogen (secondary N) is 2. The lowest BCUT2D eigenvalue weighted by Gasteiger charge is -2.36. The molecule has 1 fully saturated rings. The average molecular weight is 219 g/mol. The van der Waals surface area contributed by atoms with E-state index < -0.39 is 0 Å². The average Bonchev–Trinajstić information content (AvgIpc) is 2.31. The van der Waals surface area contributed by atoms with Crippen molar-refractivity contribution < 1.29 is 0 Å². The van der Waals surface area contributed by atoms with Crippen molar-refractivity contribution in [2.75, 3.05) is 19.6 Å². The van der Waals surface area contributed by atoms with Gasteiger partial charge in [-0.1, -0.05) is 6.07 Å². The van der Waals surface area contributed by atoms with Crippen LogP contribution in [-0.4, -0.2) is 41.5 Å². The maximum Gasteiger partial charge on any atom is 0.188 e. The highest BCUT2D eigenvalue weighted by atomic mass is 15.3. The van der Waals surface area contributed by atoms with Gasteiger partial charge in [-0.2, -0.15) is 0 Å². The summed E-state index contributed by atoms with van der Waals surface area (Å²) in [6, 6.07) is 6.13. The monoisotopic (exact) mass is 219 g/mol. The van der Waals surface area contributed by atoms with E-state index in [0.29, 0.717) is 0 Å². The van der Waals surface area contributed by atoms with Gasteiger partial charge < -0.3 is 16.0 Å². The summed E-state index contributed by atoms with van der Waals surface area (Å²) >= 11 is 0. The van der Waals surface area contributed by atoms with Gasteiger partial charge in [-0.15, -0.1) is 0 Å². The maximum atomic E-state index is 7.54. The predicted molar refractivity (Wildman–Crippen MR) is 63.2 cm³/mol. The standard InChI is InChI=1S/C11H17N5/c12-11(13)16-6-5-14-8-10(16)7-9-3-1-2-4-15-9/h1-4,10,14H,5-8H2,(H3,12,13). The summed E-state index contributed by atoms with van der Waals surface area (Å²) in [6.07, 6.45) is 2.62. The topological polar surface area (TPSA) is 78.0 Å². The van der Waals surface area contributed by atoms with Crippen LogP contribution in [0.3, 0.4) is 0 Å². The quantitative estimate of drug-likeness (QED) is 0.475. The molecule has 86 valence electrons. The number of guanidine groups is 1. The van der Waals surface area contributed by atoms with Gasteiger partial charge in [0.2, 0.25) is 0 Å². The molecule has 1 aliphatic heterocycles. The summed E-state index contributed by atoms with van der Waals surface area (Å²) in [5, 5.41) is 10.9. The molecule has 5 nitrogen and oxygen atoms in total. The van der Waals surface area contributed by atoms with Crippen LogP contribution in [0.1, 0.15) is 5.69 Å². The second-order valence-electron chi connectivity index (χ2n) is 3.96. The lowest BCUT2D eigenvalue weighted by atomic mass is 10.1. The third kappa shape index (κ3) is 2.49. The number of hydrogen-bond acceptors (Lipinski definition) is 3. The number of nitrogens with two attached hydrogens (primary N) is 1. The highest BCUT2D eigenvalue weighted by Gasteiger charge is 2.23. The van der Waals surface area contributed by atoms with Crippen LogP contribution in [0.2, 0.25) is 0 Å². The summed E-state index contributed by atoms with van der Waals surface area (Å²) in [5.74, 6) is 0.155. The molecule has 16 heavy (non-hydrogen) atoms. The molecule has 2 heterocycles. The van der Waals surface area contributed by atoms with Crippen LogP contribution in [0.5, 0.6) is 0 Å². The number of pyridine rings is 1. The van der Waals surface area contributed by atoms with E-state index in [-0.39, 0.29) is 12.0 Å². The zero-order valence-electron chi connectivity index (χ0n) is 9.19. The molecule has 1 aromatic rings. The van der Waals surface area contributed by atoms with E-state index in [1.807, 2.05) is 23.1 Å². The van der Waals surface area contributed by atoms with Gasteiger partial charge in [-0.25, -0.2) is 0 Å². The van der Waals surface area contributed by atoms with Crippen molar-refractivity contribution in [1.29, 1.82) is 5.41 Å². The summed E-state index contributed by atoms with van der Waals surface area (Å²) in [4.78, 5) is 6.24. The Morgan fingerprint density at radius 1 is 1.62 bits per heavy atom. The lowest BCUT2D eigenvalue weighted by Crippen LogP contribution is -2.56. The molecule has 0 radical (unpaired) electrons. The van der Waals surface area contributed by atoms with Crippen LogP contribution in [0.15, 0.2) is 24.4 Å². The van der Waals surface area contributed by atoms with Crippen molar-refractivity contribution in [1.82, 2.24) is 15.2 Å². The highest BCUT2D eigenvalue weighted by Crippen LogP contribution is 2.08. The van der Waals surface area contributed by atoms with Crippen LogP contribution in [-0.2, 0) is 6.42 Å². The Bertz CT molecular complexity index is 351. The van der Waals surface area contributed by atoms with E-state index >= 15 is 0 Å². The van der Waals surface area contributed by atoms with E-state index in [9.17, 15) is 0 Å². The third-order valence-electron chi connectivity index (χ3n) is 2.83. The fourth-order valence-corrected chi connectivity index (χ4v) is 2.02. The van der Waals surface area contributed by atoms with Gasteiger partial charge in [-0.3, -0.25) is 10.4 Å². The van der Waals surface area contributed by atoms with Crippen molar-refractivity contribution in [3.63, 3.8) is 0 Å². The molecule has 0 aromatic carbocycles. The molecular formula is C11H17N5. The van der Waals surface area contributed by atoms with Gasteiger partial charge in [0.1, 0.15) is 0 Å². The highest BCUT2D eigenvalue weighted by molar-refractivity contribution is 5.75. The minimum atomic E-state index is 0.155. The van der Waals surface area contributed by atoms with Gasteiger partial charge >= 0.3 is 0 Å². The van der Waals surface area contributed by atoms with E-state index in [1.54, 1.807) is 6.20 Å². The first-order valence-electron chi connectivity index (χ1n) is 5.48. The van der Waals surface area contributed by atoms with Crippen molar-refractivity contribution in [2.24, 2.45) is 5.73 Å². The number of nitrogens with zero attached hydrogens (tertiary/aromatic N) is 2. The minimum absolute atomic E-state index is 0.155. The van der Waals surface area contributed by atoms with Crippen LogP contribution >= 0.6 is 0 Å². The first-order valence-corrected chi connectivity index (χ1v) is 5.48. The molecule has 0 bridgehead atoms. The van der Waals surface area contributed by atoms with E-state index in [4.69, 9.17) is 11.1 Å². The first-order chi connectivity index (χ1) is 7.77. The molecule has 1 unspecified atom stereocenters.